The van der Waals surface area contributed by atoms with Gasteiger partial charge in [-0.25, -0.2) is 0 Å². The van der Waals surface area contributed by atoms with Crippen molar-refractivity contribution in [1.29, 1.82) is 0 Å². The Morgan fingerprint density at radius 3 is 2.88 bits per heavy atom. The lowest BCUT2D eigenvalue weighted by atomic mass is 10.3. The second kappa shape index (κ2) is 5.76. The van der Waals surface area contributed by atoms with Gasteiger partial charge in [-0.1, -0.05) is 12.2 Å². The van der Waals surface area contributed by atoms with Crippen LogP contribution in [0.3, 0.4) is 0 Å². The number of hydrogen-bond acceptors (Lipinski definition) is 4. The molecule has 1 aliphatic heterocycles. The predicted octanol–water partition coefficient (Wildman–Crippen LogP) is -1.36. The van der Waals surface area contributed by atoms with Crippen LogP contribution in [-0.4, -0.2) is 54.0 Å². The van der Waals surface area contributed by atoms with Crippen molar-refractivity contribution >= 4 is 29.0 Å². The lowest BCUT2D eigenvalue weighted by molar-refractivity contribution is -0.150. The van der Waals surface area contributed by atoms with E-state index in [1.807, 2.05) is 6.92 Å². The maximum absolute atomic E-state index is 11.6. The standard InChI is InChI=1S/C9H15N3O3S/c1-6-5-12(2-3-15-6)9(14)8(13)11-4-7(10)16/h6H,2-5H2,1H3,(H2,10,16)(H,11,13). The summed E-state index contributed by atoms with van der Waals surface area (Å²) >= 11 is 4.59. The molecule has 0 aromatic carbocycles. The molecule has 1 heterocycles. The van der Waals surface area contributed by atoms with E-state index in [9.17, 15) is 9.59 Å². The molecule has 0 aromatic rings. The molecule has 90 valence electrons. The lowest BCUT2D eigenvalue weighted by Crippen LogP contribution is -2.50. The van der Waals surface area contributed by atoms with Crippen molar-refractivity contribution in [3.05, 3.63) is 0 Å². The zero-order valence-electron chi connectivity index (χ0n) is 9.06. The smallest absolute Gasteiger partial charge is 0.312 e. The third-order valence-corrected chi connectivity index (χ3v) is 2.29. The molecule has 0 radical (unpaired) electrons. The number of rotatable bonds is 2. The van der Waals surface area contributed by atoms with E-state index >= 15 is 0 Å². The topological polar surface area (TPSA) is 84.7 Å². The Labute approximate surface area is 99.1 Å². The van der Waals surface area contributed by atoms with Crippen LogP contribution < -0.4 is 11.1 Å². The largest absolute Gasteiger partial charge is 0.392 e. The molecule has 0 aliphatic carbocycles. The number of nitrogens with two attached hydrogens (primary N) is 1. The lowest BCUT2D eigenvalue weighted by Gasteiger charge is -2.30. The quantitative estimate of drug-likeness (QED) is 0.463. The fourth-order valence-corrected chi connectivity index (χ4v) is 1.46. The molecule has 1 atom stereocenters. The number of hydrogen-bond donors (Lipinski definition) is 2. The summed E-state index contributed by atoms with van der Waals surface area (Å²) in [5.74, 6) is -1.24. The molecule has 1 aliphatic rings. The Kier molecular flexibility index (Phi) is 4.63. The molecule has 1 rings (SSSR count). The van der Waals surface area contributed by atoms with E-state index < -0.39 is 11.8 Å². The number of ether oxygens (including phenoxy) is 1. The van der Waals surface area contributed by atoms with Crippen LogP contribution >= 0.6 is 12.2 Å². The van der Waals surface area contributed by atoms with Crippen molar-refractivity contribution in [2.75, 3.05) is 26.2 Å². The van der Waals surface area contributed by atoms with Crippen molar-refractivity contribution in [3.63, 3.8) is 0 Å². The molecule has 2 amide bonds. The van der Waals surface area contributed by atoms with Crippen molar-refractivity contribution in [3.8, 4) is 0 Å². The molecule has 0 spiro atoms. The van der Waals surface area contributed by atoms with Crippen molar-refractivity contribution in [2.45, 2.75) is 13.0 Å². The van der Waals surface area contributed by atoms with Crippen LogP contribution in [0.5, 0.6) is 0 Å². The van der Waals surface area contributed by atoms with Gasteiger partial charge in [-0.05, 0) is 6.92 Å². The van der Waals surface area contributed by atoms with Gasteiger partial charge in [0.25, 0.3) is 0 Å². The highest BCUT2D eigenvalue weighted by Gasteiger charge is 2.26. The third kappa shape index (κ3) is 3.74. The molecular weight excluding hydrogens is 230 g/mol. The Hall–Kier alpha value is -1.21. The average Bonchev–Trinajstić information content (AvgIpc) is 2.24. The van der Waals surface area contributed by atoms with E-state index in [4.69, 9.17) is 10.5 Å². The van der Waals surface area contributed by atoms with Gasteiger partial charge in [0.2, 0.25) is 0 Å². The summed E-state index contributed by atoms with van der Waals surface area (Å²) in [7, 11) is 0. The summed E-state index contributed by atoms with van der Waals surface area (Å²) in [6, 6.07) is 0. The third-order valence-electron chi connectivity index (χ3n) is 2.15. The summed E-state index contributed by atoms with van der Waals surface area (Å²) in [6.45, 7) is 3.21. The van der Waals surface area contributed by atoms with Gasteiger partial charge in [0.05, 0.1) is 24.2 Å². The van der Waals surface area contributed by atoms with Crippen molar-refractivity contribution in [1.82, 2.24) is 10.2 Å². The van der Waals surface area contributed by atoms with E-state index in [-0.39, 0.29) is 17.6 Å². The zero-order valence-corrected chi connectivity index (χ0v) is 9.88. The number of amides is 2. The molecule has 0 saturated carbocycles. The van der Waals surface area contributed by atoms with Gasteiger partial charge in [0.1, 0.15) is 0 Å². The van der Waals surface area contributed by atoms with Gasteiger partial charge in [0, 0.05) is 13.1 Å². The van der Waals surface area contributed by atoms with Crippen LogP contribution in [0.2, 0.25) is 0 Å². The van der Waals surface area contributed by atoms with E-state index in [1.54, 1.807) is 0 Å². The Morgan fingerprint density at radius 2 is 2.31 bits per heavy atom. The molecular formula is C9H15N3O3S. The normalized spacial score (nSPS) is 20.3. The zero-order chi connectivity index (χ0) is 12.1. The monoisotopic (exact) mass is 245 g/mol. The highest BCUT2D eigenvalue weighted by Crippen LogP contribution is 2.04. The van der Waals surface area contributed by atoms with Crippen LogP contribution in [-0.2, 0) is 14.3 Å². The minimum absolute atomic E-state index is 0.0407. The summed E-state index contributed by atoms with van der Waals surface area (Å²) in [4.78, 5) is 24.6. The molecule has 6 nitrogen and oxygen atoms in total. The summed E-state index contributed by atoms with van der Waals surface area (Å²) in [6.07, 6.45) is -0.0407. The van der Waals surface area contributed by atoms with Gasteiger partial charge >= 0.3 is 11.8 Å². The van der Waals surface area contributed by atoms with Gasteiger partial charge in [-0.2, -0.15) is 0 Å². The van der Waals surface area contributed by atoms with E-state index in [1.165, 1.54) is 4.90 Å². The first kappa shape index (κ1) is 12.9. The molecule has 3 N–H and O–H groups in total. The SMILES string of the molecule is CC1CN(C(=O)C(=O)NCC(N)=S)CCO1. The van der Waals surface area contributed by atoms with Crippen LogP contribution in [0.25, 0.3) is 0 Å². The highest BCUT2D eigenvalue weighted by atomic mass is 32.1. The molecule has 1 unspecified atom stereocenters. The fourth-order valence-electron chi connectivity index (χ4n) is 1.39. The Balaban J connectivity index is 2.43. The Bertz CT molecular complexity index is 308. The minimum Gasteiger partial charge on any atom is -0.392 e. The van der Waals surface area contributed by atoms with Gasteiger partial charge in [-0.15, -0.1) is 0 Å². The second-order valence-electron chi connectivity index (χ2n) is 3.58. The van der Waals surface area contributed by atoms with Crippen molar-refractivity contribution in [2.24, 2.45) is 5.73 Å². The number of carbonyl (C=O) groups is 2. The van der Waals surface area contributed by atoms with E-state index in [0.717, 1.165) is 0 Å². The summed E-state index contributed by atoms with van der Waals surface area (Å²) in [5, 5.41) is 2.36. The molecule has 1 fully saturated rings. The second-order valence-corrected chi connectivity index (χ2v) is 4.11. The average molecular weight is 245 g/mol. The first-order valence-corrected chi connectivity index (χ1v) is 5.38. The molecule has 7 heteroatoms. The van der Waals surface area contributed by atoms with E-state index in [2.05, 4.69) is 17.5 Å². The van der Waals surface area contributed by atoms with Crippen LogP contribution in [0.15, 0.2) is 0 Å². The number of carbonyl (C=O) groups excluding carboxylic acids is 2. The highest BCUT2D eigenvalue weighted by molar-refractivity contribution is 7.80. The minimum atomic E-state index is -0.679. The van der Waals surface area contributed by atoms with Gasteiger partial charge in [0.15, 0.2) is 0 Å². The first-order chi connectivity index (χ1) is 7.50. The van der Waals surface area contributed by atoms with Crippen molar-refractivity contribution < 1.29 is 14.3 Å². The van der Waals surface area contributed by atoms with Crippen LogP contribution in [0.4, 0.5) is 0 Å². The van der Waals surface area contributed by atoms with Gasteiger partial charge in [-0.3, -0.25) is 9.59 Å². The molecule has 1 saturated heterocycles. The van der Waals surface area contributed by atoms with Gasteiger partial charge < -0.3 is 20.7 Å². The number of morpholine rings is 1. The summed E-state index contributed by atoms with van der Waals surface area (Å²) in [5.41, 5.74) is 5.21. The maximum atomic E-state index is 11.6. The van der Waals surface area contributed by atoms with Crippen LogP contribution in [0.1, 0.15) is 6.92 Å². The van der Waals surface area contributed by atoms with E-state index in [0.29, 0.717) is 19.7 Å². The number of nitrogens with one attached hydrogen (secondary N) is 1. The number of nitrogens with zero attached hydrogens (tertiary/aromatic N) is 1. The fraction of sp³-hybridized carbons (Fsp3) is 0.667. The number of thiocarbonyl (C=S) groups is 1. The predicted molar refractivity (Wildman–Crippen MR) is 61.8 cm³/mol. The molecule has 0 bridgehead atoms. The first-order valence-electron chi connectivity index (χ1n) is 4.97. The maximum Gasteiger partial charge on any atom is 0.312 e. The molecule has 16 heavy (non-hydrogen) atoms. The summed E-state index contributed by atoms with van der Waals surface area (Å²) < 4.78 is 5.27. The molecule has 0 aromatic heterocycles. The van der Waals surface area contributed by atoms with Crippen LogP contribution in [0, 0.1) is 0 Å². The Morgan fingerprint density at radius 1 is 1.62 bits per heavy atom.